The number of para-hydroxylation sites is 1. The lowest BCUT2D eigenvalue weighted by atomic mass is 9.86. The zero-order valence-corrected chi connectivity index (χ0v) is 21.9. The molecule has 0 saturated carbocycles. The Balaban J connectivity index is 0.000000189. The first-order valence-electron chi connectivity index (χ1n) is 10.6. The van der Waals surface area contributed by atoms with Gasteiger partial charge in [-0.05, 0) is 48.1 Å². The Morgan fingerprint density at radius 2 is 1.45 bits per heavy atom. The van der Waals surface area contributed by atoms with Crippen LogP contribution in [0.15, 0.2) is 47.4 Å². The summed E-state index contributed by atoms with van der Waals surface area (Å²) in [6.45, 7) is 12.2. The number of nitrogens with one attached hydrogen (secondary N) is 2. The fourth-order valence-electron chi connectivity index (χ4n) is 3.15. The van der Waals surface area contributed by atoms with Crippen LogP contribution >= 0.6 is 34.3 Å². The number of rotatable bonds is 6. The number of nitrogens with zero attached hydrogens (tertiary/aromatic N) is 4. The van der Waals surface area contributed by atoms with Crippen molar-refractivity contribution < 1.29 is 0 Å². The lowest BCUT2D eigenvalue weighted by molar-refractivity contribution is 0.591. The van der Waals surface area contributed by atoms with Crippen molar-refractivity contribution >= 4 is 45.6 Å². The average molecular weight is 501 g/mol. The second-order valence-electron chi connectivity index (χ2n) is 8.53. The van der Waals surface area contributed by atoms with Gasteiger partial charge >= 0.3 is 0 Å². The lowest BCUT2D eigenvalue weighted by Gasteiger charge is -2.24. The number of aromatic nitrogens is 4. The SMILES string of the molecule is CC(C)(C)c1cccc(Cl)c1NCc1nncs1.Cc1cccc(NCc2nncs2)c1C. The van der Waals surface area contributed by atoms with E-state index in [-0.39, 0.29) is 5.41 Å². The van der Waals surface area contributed by atoms with Crippen molar-refractivity contribution in [2.75, 3.05) is 10.6 Å². The molecule has 0 unspecified atom stereocenters. The third kappa shape index (κ3) is 7.22. The van der Waals surface area contributed by atoms with Crippen molar-refractivity contribution in [3.63, 3.8) is 0 Å². The summed E-state index contributed by atoms with van der Waals surface area (Å²) in [5.74, 6) is 0. The van der Waals surface area contributed by atoms with Crippen LogP contribution < -0.4 is 10.6 Å². The summed E-state index contributed by atoms with van der Waals surface area (Å²) in [6.07, 6.45) is 0. The van der Waals surface area contributed by atoms with Gasteiger partial charge in [-0.2, -0.15) is 0 Å². The van der Waals surface area contributed by atoms with E-state index >= 15 is 0 Å². The maximum atomic E-state index is 6.28. The Bertz CT molecular complexity index is 1140. The van der Waals surface area contributed by atoms with Gasteiger partial charge in [-0.25, -0.2) is 0 Å². The number of benzene rings is 2. The molecule has 9 heteroatoms. The minimum atomic E-state index is 0.0500. The summed E-state index contributed by atoms with van der Waals surface area (Å²) in [6, 6.07) is 12.3. The molecule has 2 aromatic carbocycles. The maximum Gasteiger partial charge on any atom is 0.136 e. The molecule has 0 aliphatic carbocycles. The number of hydrogen-bond donors (Lipinski definition) is 2. The minimum absolute atomic E-state index is 0.0500. The standard InChI is InChI=1S/C13H16ClN3S.C11H13N3S/c1-13(2,3)9-5-4-6-10(14)12(9)15-7-11-17-16-8-18-11;1-8-4-3-5-10(9(8)2)12-6-11-14-13-7-15-11/h4-6,8,15H,7H2,1-3H3;3-5,7,12H,6H2,1-2H3. The summed E-state index contributed by atoms with van der Waals surface area (Å²) in [5, 5.41) is 25.1. The van der Waals surface area contributed by atoms with Gasteiger partial charge in [0, 0.05) is 5.69 Å². The molecule has 33 heavy (non-hydrogen) atoms. The van der Waals surface area contributed by atoms with Crippen LogP contribution in [-0.4, -0.2) is 20.4 Å². The molecule has 0 aliphatic rings. The molecule has 0 fully saturated rings. The Morgan fingerprint density at radius 3 is 2.03 bits per heavy atom. The first-order valence-corrected chi connectivity index (χ1v) is 12.7. The summed E-state index contributed by atoms with van der Waals surface area (Å²) in [5.41, 5.74) is 9.49. The normalized spacial score (nSPS) is 11.0. The second kappa shape index (κ2) is 11.5. The van der Waals surface area contributed by atoms with E-state index in [0.717, 1.165) is 27.3 Å². The van der Waals surface area contributed by atoms with E-state index in [1.165, 1.54) is 33.7 Å². The van der Waals surface area contributed by atoms with Gasteiger partial charge in [0.25, 0.3) is 0 Å². The van der Waals surface area contributed by atoms with E-state index < -0.39 is 0 Å². The van der Waals surface area contributed by atoms with E-state index in [1.807, 2.05) is 12.1 Å². The van der Waals surface area contributed by atoms with Crippen LogP contribution in [0.4, 0.5) is 11.4 Å². The van der Waals surface area contributed by atoms with E-state index in [2.05, 4.69) is 89.9 Å². The summed E-state index contributed by atoms with van der Waals surface area (Å²) < 4.78 is 0. The summed E-state index contributed by atoms with van der Waals surface area (Å²) >= 11 is 9.38. The van der Waals surface area contributed by atoms with Gasteiger partial charge in [-0.3, -0.25) is 0 Å². The van der Waals surface area contributed by atoms with Crippen LogP contribution in [0.25, 0.3) is 0 Å². The zero-order chi connectivity index (χ0) is 23.8. The van der Waals surface area contributed by atoms with Crippen LogP contribution in [0.3, 0.4) is 0 Å². The molecule has 2 heterocycles. The highest BCUT2D eigenvalue weighted by Crippen LogP contribution is 2.35. The van der Waals surface area contributed by atoms with Crippen molar-refractivity contribution in [2.45, 2.75) is 53.1 Å². The molecular weight excluding hydrogens is 472 g/mol. The number of anilines is 2. The van der Waals surface area contributed by atoms with Crippen LogP contribution in [0, 0.1) is 13.8 Å². The lowest BCUT2D eigenvalue weighted by Crippen LogP contribution is -2.15. The molecule has 6 nitrogen and oxygen atoms in total. The number of hydrogen-bond acceptors (Lipinski definition) is 8. The molecule has 0 radical (unpaired) electrons. The fourth-order valence-corrected chi connectivity index (χ4v) is 4.33. The molecule has 0 aliphatic heterocycles. The topological polar surface area (TPSA) is 75.6 Å². The van der Waals surface area contributed by atoms with Crippen molar-refractivity contribution in [1.82, 2.24) is 20.4 Å². The molecule has 0 atom stereocenters. The third-order valence-corrected chi connectivity index (χ3v) is 6.79. The van der Waals surface area contributed by atoms with Gasteiger partial charge in [0.1, 0.15) is 21.0 Å². The Kier molecular flexibility index (Phi) is 8.77. The van der Waals surface area contributed by atoms with Crippen LogP contribution in [0.1, 0.15) is 47.5 Å². The highest BCUT2D eigenvalue weighted by atomic mass is 35.5. The fraction of sp³-hybridized carbons (Fsp3) is 0.333. The number of halogens is 1. The van der Waals surface area contributed by atoms with Gasteiger partial charge in [0.05, 0.1) is 23.8 Å². The molecule has 2 N–H and O–H groups in total. The first-order chi connectivity index (χ1) is 15.8. The highest BCUT2D eigenvalue weighted by molar-refractivity contribution is 7.09. The predicted octanol–water partition coefficient (Wildman–Crippen LogP) is 6.87. The van der Waals surface area contributed by atoms with Gasteiger partial charge in [0.2, 0.25) is 0 Å². The predicted molar refractivity (Wildman–Crippen MR) is 141 cm³/mol. The highest BCUT2D eigenvalue weighted by Gasteiger charge is 2.19. The summed E-state index contributed by atoms with van der Waals surface area (Å²) in [7, 11) is 0. The smallest absolute Gasteiger partial charge is 0.136 e. The van der Waals surface area contributed by atoms with Crippen LogP contribution in [0.2, 0.25) is 5.02 Å². The minimum Gasteiger partial charge on any atom is -0.378 e. The maximum absolute atomic E-state index is 6.28. The van der Waals surface area contributed by atoms with E-state index in [9.17, 15) is 0 Å². The molecule has 0 saturated heterocycles. The van der Waals surface area contributed by atoms with Gasteiger partial charge in [0.15, 0.2) is 0 Å². The molecule has 174 valence electrons. The molecule has 0 amide bonds. The summed E-state index contributed by atoms with van der Waals surface area (Å²) in [4.78, 5) is 0. The Labute approximate surface area is 208 Å². The van der Waals surface area contributed by atoms with Gasteiger partial charge in [-0.1, -0.05) is 56.6 Å². The van der Waals surface area contributed by atoms with E-state index in [1.54, 1.807) is 22.4 Å². The molecule has 0 bridgehead atoms. The average Bonchev–Trinajstić information content (AvgIpc) is 3.48. The number of aryl methyl sites for hydroxylation is 1. The molecule has 4 rings (SSSR count). The molecule has 4 aromatic rings. The van der Waals surface area contributed by atoms with Crippen LogP contribution in [0.5, 0.6) is 0 Å². The largest absolute Gasteiger partial charge is 0.378 e. The van der Waals surface area contributed by atoms with Crippen molar-refractivity contribution in [2.24, 2.45) is 0 Å². The van der Waals surface area contributed by atoms with E-state index in [0.29, 0.717) is 6.54 Å². The zero-order valence-electron chi connectivity index (χ0n) is 19.5. The van der Waals surface area contributed by atoms with Gasteiger partial charge in [-0.15, -0.1) is 43.1 Å². The Hall–Kier alpha value is -2.55. The quantitative estimate of drug-likeness (QED) is 0.301. The van der Waals surface area contributed by atoms with Crippen molar-refractivity contribution in [1.29, 1.82) is 0 Å². The molecular formula is C24H29ClN6S2. The molecule has 2 aromatic heterocycles. The van der Waals surface area contributed by atoms with Crippen LogP contribution in [-0.2, 0) is 18.5 Å². The van der Waals surface area contributed by atoms with Gasteiger partial charge < -0.3 is 10.6 Å². The monoisotopic (exact) mass is 500 g/mol. The molecule has 0 spiro atoms. The Morgan fingerprint density at radius 1 is 0.848 bits per heavy atom. The second-order valence-corrected chi connectivity index (χ2v) is 10.8. The van der Waals surface area contributed by atoms with Crippen molar-refractivity contribution in [3.8, 4) is 0 Å². The van der Waals surface area contributed by atoms with Crippen molar-refractivity contribution in [3.05, 3.63) is 79.1 Å². The third-order valence-electron chi connectivity index (χ3n) is 5.08. The van der Waals surface area contributed by atoms with E-state index in [4.69, 9.17) is 11.6 Å². The first kappa shape index (κ1) is 25.1.